The summed E-state index contributed by atoms with van der Waals surface area (Å²) in [5.74, 6) is 0.889. The molecule has 0 radical (unpaired) electrons. The van der Waals surface area contributed by atoms with Crippen molar-refractivity contribution in [3.63, 3.8) is 0 Å². The van der Waals surface area contributed by atoms with Crippen molar-refractivity contribution in [2.45, 2.75) is 18.9 Å². The van der Waals surface area contributed by atoms with E-state index in [9.17, 15) is 4.79 Å². The van der Waals surface area contributed by atoms with Crippen LogP contribution in [0.4, 0.5) is 5.82 Å². The topological polar surface area (TPSA) is 75.1 Å². The van der Waals surface area contributed by atoms with Gasteiger partial charge in [0, 0.05) is 6.54 Å². The van der Waals surface area contributed by atoms with E-state index in [1.165, 1.54) is 6.33 Å². The number of aliphatic hydroxyl groups excluding tert-OH is 1. The number of hydrogen-bond donors (Lipinski definition) is 2. The van der Waals surface area contributed by atoms with E-state index in [0.29, 0.717) is 24.6 Å². The Bertz CT molecular complexity index is 394. The zero-order valence-electron chi connectivity index (χ0n) is 8.56. The van der Waals surface area contributed by atoms with E-state index in [1.54, 1.807) is 0 Å². The summed E-state index contributed by atoms with van der Waals surface area (Å²) in [4.78, 5) is 18.5. The molecule has 1 saturated carbocycles. The third-order valence-electron chi connectivity index (χ3n) is 2.72. The molecule has 1 aliphatic carbocycles. The minimum Gasteiger partial charge on any atom is -0.393 e. The molecule has 1 aromatic rings. The Morgan fingerprint density at radius 1 is 1.56 bits per heavy atom. The molecule has 0 bridgehead atoms. The van der Waals surface area contributed by atoms with Crippen molar-refractivity contribution in [2.24, 2.45) is 5.92 Å². The van der Waals surface area contributed by atoms with Gasteiger partial charge in [0.2, 0.25) is 0 Å². The number of aldehydes is 1. The molecule has 0 atom stereocenters. The normalized spacial score (nSPS) is 23.6. The van der Waals surface area contributed by atoms with Crippen molar-refractivity contribution >= 4 is 23.7 Å². The first kappa shape index (κ1) is 11.3. The Morgan fingerprint density at radius 3 is 2.94 bits per heavy atom. The van der Waals surface area contributed by atoms with E-state index in [0.717, 1.165) is 12.8 Å². The van der Waals surface area contributed by atoms with Gasteiger partial charge in [-0.25, -0.2) is 9.97 Å². The number of anilines is 1. The minimum atomic E-state index is -0.175. The molecule has 1 fully saturated rings. The van der Waals surface area contributed by atoms with Crippen LogP contribution in [0.15, 0.2) is 6.33 Å². The summed E-state index contributed by atoms with van der Waals surface area (Å²) in [7, 11) is 0. The third-order valence-corrected chi connectivity index (χ3v) is 3.02. The van der Waals surface area contributed by atoms with Gasteiger partial charge in [0.05, 0.1) is 11.7 Å². The van der Waals surface area contributed by atoms with Gasteiger partial charge in [-0.15, -0.1) is 0 Å². The van der Waals surface area contributed by atoms with Crippen LogP contribution < -0.4 is 5.32 Å². The number of carbonyl (C=O) groups is 1. The first-order valence-corrected chi connectivity index (χ1v) is 5.46. The number of halogens is 1. The fraction of sp³-hybridized carbons (Fsp3) is 0.500. The molecule has 0 aromatic carbocycles. The number of nitrogens with one attached hydrogen (secondary N) is 1. The molecule has 0 aliphatic heterocycles. The van der Waals surface area contributed by atoms with Gasteiger partial charge in [-0.3, -0.25) is 4.79 Å². The van der Waals surface area contributed by atoms with Gasteiger partial charge in [-0.2, -0.15) is 0 Å². The van der Waals surface area contributed by atoms with E-state index in [-0.39, 0.29) is 16.8 Å². The Kier molecular flexibility index (Phi) is 3.36. The number of hydrogen-bond acceptors (Lipinski definition) is 5. The summed E-state index contributed by atoms with van der Waals surface area (Å²) < 4.78 is 0. The molecular weight excluding hydrogens is 230 g/mol. The fourth-order valence-corrected chi connectivity index (χ4v) is 1.91. The van der Waals surface area contributed by atoms with Crippen molar-refractivity contribution in [3.8, 4) is 0 Å². The van der Waals surface area contributed by atoms with Crippen molar-refractivity contribution in [2.75, 3.05) is 11.9 Å². The summed E-state index contributed by atoms with van der Waals surface area (Å²) in [5.41, 5.74) is 0.282. The standard InChI is InChI=1S/C10H12ClN3O2/c11-9-8(4-15)10(14-5-13-9)12-3-6-1-7(16)2-6/h4-7,16H,1-3H2,(H,12,13,14). The van der Waals surface area contributed by atoms with Gasteiger partial charge in [-0.05, 0) is 18.8 Å². The molecule has 0 spiro atoms. The van der Waals surface area contributed by atoms with Crippen molar-refractivity contribution in [1.82, 2.24) is 9.97 Å². The van der Waals surface area contributed by atoms with E-state index >= 15 is 0 Å². The largest absolute Gasteiger partial charge is 0.393 e. The molecular formula is C10H12ClN3O2. The highest BCUT2D eigenvalue weighted by molar-refractivity contribution is 6.32. The van der Waals surface area contributed by atoms with E-state index in [1.807, 2.05) is 0 Å². The average Bonchev–Trinajstić information content (AvgIpc) is 2.23. The quantitative estimate of drug-likeness (QED) is 0.611. The Balaban J connectivity index is 1.98. The van der Waals surface area contributed by atoms with Gasteiger partial charge in [0.15, 0.2) is 6.29 Å². The second-order valence-electron chi connectivity index (χ2n) is 3.92. The average molecular weight is 242 g/mol. The maximum Gasteiger partial charge on any atom is 0.156 e. The molecule has 16 heavy (non-hydrogen) atoms. The molecule has 2 rings (SSSR count). The molecule has 0 amide bonds. The third kappa shape index (κ3) is 2.31. The first-order chi connectivity index (χ1) is 7.70. The Hall–Kier alpha value is -1.20. The first-order valence-electron chi connectivity index (χ1n) is 5.08. The van der Waals surface area contributed by atoms with Crippen LogP contribution in [0.1, 0.15) is 23.2 Å². The van der Waals surface area contributed by atoms with Crippen LogP contribution in [0.5, 0.6) is 0 Å². The molecule has 5 nitrogen and oxygen atoms in total. The van der Waals surface area contributed by atoms with Crippen molar-refractivity contribution < 1.29 is 9.90 Å². The number of carbonyl (C=O) groups excluding carboxylic acids is 1. The summed E-state index contributed by atoms with van der Waals surface area (Å²) in [5, 5.41) is 12.3. The Morgan fingerprint density at radius 2 is 2.31 bits per heavy atom. The summed E-state index contributed by atoms with van der Waals surface area (Å²) in [6.45, 7) is 0.686. The molecule has 0 unspecified atom stereocenters. The second kappa shape index (κ2) is 4.76. The predicted molar refractivity (Wildman–Crippen MR) is 59.7 cm³/mol. The van der Waals surface area contributed by atoms with Crippen LogP contribution in [-0.2, 0) is 0 Å². The zero-order valence-corrected chi connectivity index (χ0v) is 9.31. The summed E-state index contributed by atoms with van der Waals surface area (Å²) in [6.07, 6.45) is 3.37. The summed E-state index contributed by atoms with van der Waals surface area (Å²) >= 11 is 5.75. The van der Waals surface area contributed by atoms with Gasteiger partial charge in [-0.1, -0.05) is 11.6 Å². The van der Waals surface area contributed by atoms with E-state index in [4.69, 9.17) is 16.7 Å². The molecule has 2 N–H and O–H groups in total. The van der Waals surface area contributed by atoms with Crippen LogP contribution >= 0.6 is 11.6 Å². The maximum atomic E-state index is 10.8. The molecule has 1 heterocycles. The number of rotatable bonds is 4. The van der Waals surface area contributed by atoms with Crippen LogP contribution in [0.2, 0.25) is 5.15 Å². The lowest BCUT2D eigenvalue weighted by Gasteiger charge is -2.31. The molecule has 86 valence electrons. The SMILES string of the molecule is O=Cc1c(Cl)ncnc1NCC1CC(O)C1. The van der Waals surface area contributed by atoms with Crippen LogP contribution in [-0.4, -0.2) is 34.0 Å². The lowest BCUT2D eigenvalue weighted by atomic mass is 9.82. The highest BCUT2D eigenvalue weighted by Crippen LogP contribution is 2.27. The lowest BCUT2D eigenvalue weighted by molar-refractivity contribution is 0.0486. The second-order valence-corrected chi connectivity index (χ2v) is 4.27. The van der Waals surface area contributed by atoms with Crippen LogP contribution in [0.3, 0.4) is 0 Å². The zero-order chi connectivity index (χ0) is 11.5. The van der Waals surface area contributed by atoms with Gasteiger partial charge in [0.25, 0.3) is 0 Å². The Labute approximate surface area is 97.9 Å². The smallest absolute Gasteiger partial charge is 0.156 e. The number of aromatic nitrogens is 2. The van der Waals surface area contributed by atoms with E-state index in [2.05, 4.69) is 15.3 Å². The number of aliphatic hydroxyl groups is 1. The van der Waals surface area contributed by atoms with Gasteiger partial charge in [0.1, 0.15) is 17.3 Å². The van der Waals surface area contributed by atoms with Gasteiger partial charge >= 0.3 is 0 Å². The lowest BCUT2D eigenvalue weighted by Crippen LogP contribution is -2.33. The predicted octanol–water partition coefficient (Wildman–Crippen LogP) is 1.13. The van der Waals surface area contributed by atoms with Crippen LogP contribution in [0.25, 0.3) is 0 Å². The molecule has 6 heteroatoms. The summed E-state index contributed by atoms with van der Waals surface area (Å²) in [6, 6.07) is 0. The molecule has 1 aliphatic rings. The van der Waals surface area contributed by atoms with Crippen molar-refractivity contribution in [3.05, 3.63) is 17.0 Å². The van der Waals surface area contributed by atoms with Gasteiger partial charge < -0.3 is 10.4 Å². The maximum absolute atomic E-state index is 10.8. The minimum absolute atomic E-state index is 0.154. The number of nitrogens with zero attached hydrogens (tertiary/aromatic N) is 2. The highest BCUT2D eigenvalue weighted by Gasteiger charge is 2.27. The van der Waals surface area contributed by atoms with E-state index < -0.39 is 0 Å². The monoisotopic (exact) mass is 241 g/mol. The highest BCUT2D eigenvalue weighted by atomic mass is 35.5. The molecule has 1 aromatic heterocycles. The van der Waals surface area contributed by atoms with Crippen molar-refractivity contribution in [1.29, 1.82) is 0 Å². The van der Waals surface area contributed by atoms with Crippen LogP contribution in [0, 0.1) is 5.92 Å². The molecule has 0 saturated heterocycles. The fourth-order valence-electron chi connectivity index (χ4n) is 1.73.